The molecule has 0 heterocycles. The Balaban J connectivity index is 2.21. The molecule has 2 rings (SSSR count). The fraction of sp³-hybridized carbons (Fsp3) is 0.0769. The minimum Gasteiger partial charge on any atom is -0.291 e. The molecule has 0 aliphatic carbocycles. The molecule has 0 aliphatic heterocycles. The van der Waals surface area contributed by atoms with Gasteiger partial charge in [-0.2, -0.15) is 0 Å². The van der Waals surface area contributed by atoms with Crippen LogP contribution in [-0.4, -0.2) is 10.4 Å². The summed E-state index contributed by atoms with van der Waals surface area (Å²) in [7, 11) is 0. The van der Waals surface area contributed by atoms with E-state index in [0.717, 1.165) is 11.1 Å². The molecule has 2 aromatic rings. The van der Waals surface area contributed by atoms with Crippen molar-refractivity contribution in [3.8, 4) is 0 Å². The molecular weight excluding hydrogens is 287 g/mol. The van der Waals surface area contributed by atoms with E-state index >= 15 is 0 Å². The van der Waals surface area contributed by atoms with Crippen molar-refractivity contribution in [2.75, 3.05) is 11.0 Å². The lowest BCUT2D eigenvalue weighted by Gasteiger charge is -2.08. The summed E-state index contributed by atoms with van der Waals surface area (Å²) in [5, 5.41) is 18.5. The van der Waals surface area contributed by atoms with Crippen LogP contribution in [0.4, 0.5) is 11.4 Å². The minimum atomic E-state index is 0.444. The molecule has 0 amide bonds. The second kappa shape index (κ2) is 6.12. The summed E-state index contributed by atoms with van der Waals surface area (Å²) in [4.78, 5) is 0. The predicted molar refractivity (Wildman–Crippen MR) is 76.5 cm³/mol. The summed E-state index contributed by atoms with van der Waals surface area (Å²) in [5.74, 6) is 0. The molecule has 0 spiro atoms. The predicted octanol–water partition coefficient (Wildman–Crippen LogP) is 4.19. The molecule has 2 aromatic carbocycles. The van der Waals surface area contributed by atoms with Crippen molar-refractivity contribution < 1.29 is 10.4 Å². The maximum atomic E-state index is 8.81. The third kappa shape index (κ3) is 3.30. The van der Waals surface area contributed by atoms with Gasteiger partial charge in [-0.3, -0.25) is 21.4 Å². The second-order valence-corrected chi connectivity index (χ2v) is 4.84. The van der Waals surface area contributed by atoms with Crippen molar-refractivity contribution in [2.45, 2.75) is 6.42 Å². The first-order valence-corrected chi connectivity index (χ1v) is 6.26. The first-order chi connectivity index (χ1) is 9.13. The highest BCUT2D eigenvalue weighted by Crippen LogP contribution is 2.26. The van der Waals surface area contributed by atoms with E-state index in [9.17, 15) is 0 Å². The van der Waals surface area contributed by atoms with Gasteiger partial charge >= 0.3 is 0 Å². The van der Waals surface area contributed by atoms with Crippen molar-refractivity contribution in [1.82, 2.24) is 0 Å². The van der Waals surface area contributed by atoms with E-state index in [-0.39, 0.29) is 0 Å². The summed E-state index contributed by atoms with van der Waals surface area (Å²) in [6, 6.07) is 10.7. The van der Waals surface area contributed by atoms with E-state index in [1.54, 1.807) is 24.3 Å². The van der Waals surface area contributed by atoms with Gasteiger partial charge in [0.2, 0.25) is 0 Å². The summed E-state index contributed by atoms with van der Waals surface area (Å²) < 4.78 is 0. The van der Waals surface area contributed by atoms with Gasteiger partial charge in [0.15, 0.2) is 0 Å². The van der Waals surface area contributed by atoms with E-state index in [2.05, 4.69) is 0 Å². The Morgan fingerprint density at radius 2 is 1.21 bits per heavy atom. The van der Waals surface area contributed by atoms with Crippen molar-refractivity contribution >= 4 is 34.6 Å². The van der Waals surface area contributed by atoms with Gasteiger partial charge in [-0.15, -0.1) is 0 Å². The van der Waals surface area contributed by atoms with E-state index in [1.165, 1.54) is 0 Å². The highest BCUT2D eigenvalue weighted by atomic mass is 35.5. The van der Waals surface area contributed by atoms with Gasteiger partial charge in [0, 0.05) is 0 Å². The lowest BCUT2D eigenvalue weighted by Crippen LogP contribution is -1.94. The molecule has 0 aliphatic rings. The summed E-state index contributed by atoms with van der Waals surface area (Å²) >= 11 is 12.0. The van der Waals surface area contributed by atoms with Gasteiger partial charge in [-0.1, -0.05) is 35.3 Å². The number of hydrogen-bond acceptors (Lipinski definition) is 4. The third-order valence-corrected chi connectivity index (χ3v) is 3.34. The third-order valence-electron chi connectivity index (χ3n) is 2.72. The van der Waals surface area contributed by atoms with Gasteiger partial charge in [0.1, 0.15) is 0 Å². The largest absolute Gasteiger partial charge is 0.291 e. The quantitative estimate of drug-likeness (QED) is 0.639. The second-order valence-electron chi connectivity index (χ2n) is 4.03. The maximum absolute atomic E-state index is 8.81. The lowest BCUT2D eigenvalue weighted by atomic mass is 10.0. The Hall–Kier alpha value is -1.46. The molecule has 0 unspecified atom stereocenters. The first kappa shape index (κ1) is 14.0. The molecular formula is C13H12Cl2N2O2. The zero-order valence-electron chi connectivity index (χ0n) is 9.82. The van der Waals surface area contributed by atoms with E-state index in [0.29, 0.717) is 27.8 Å². The summed E-state index contributed by atoms with van der Waals surface area (Å²) in [5.41, 5.74) is 6.95. The van der Waals surface area contributed by atoms with Gasteiger partial charge in [0.25, 0.3) is 0 Å². The number of anilines is 2. The first-order valence-electron chi connectivity index (χ1n) is 5.51. The minimum absolute atomic E-state index is 0.444. The van der Waals surface area contributed by atoms with Crippen LogP contribution in [0.25, 0.3) is 0 Å². The fourth-order valence-corrected chi connectivity index (χ4v) is 2.24. The lowest BCUT2D eigenvalue weighted by molar-refractivity contribution is 0.388. The van der Waals surface area contributed by atoms with Gasteiger partial charge in [0.05, 0.1) is 21.4 Å². The standard InChI is InChI=1S/C13H12Cl2N2O2/c14-10-6-8(1-3-12(10)16-18)5-9-2-4-13(17-19)11(15)7-9/h1-4,6-7,16-19H,5H2. The number of rotatable bonds is 4. The Bertz CT molecular complexity index is 539. The Labute approximate surface area is 120 Å². The van der Waals surface area contributed by atoms with Crippen molar-refractivity contribution in [2.24, 2.45) is 0 Å². The topological polar surface area (TPSA) is 64.5 Å². The number of nitrogens with one attached hydrogen (secondary N) is 2. The SMILES string of the molecule is ONc1ccc(Cc2ccc(NO)c(Cl)c2)cc1Cl. The van der Waals surface area contributed by atoms with Crippen LogP contribution in [0.2, 0.25) is 10.0 Å². The molecule has 100 valence electrons. The zero-order valence-corrected chi connectivity index (χ0v) is 11.3. The van der Waals surface area contributed by atoms with Crippen LogP contribution < -0.4 is 11.0 Å². The molecule has 0 fully saturated rings. The Morgan fingerprint density at radius 3 is 1.53 bits per heavy atom. The maximum Gasteiger partial charge on any atom is 0.0788 e. The summed E-state index contributed by atoms with van der Waals surface area (Å²) in [6.07, 6.45) is 0.650. The van der Waals surface area contributed by atoms with E-state index in [1.807, 2.05) is 23.1 Å². The van der Waals surface area contributed by atoms with Crippen LogP contribution in [0.15, 0.2) is 36.4 Å². The summed E-state index contributed by atoms with van der Waals surface area (Å²) in [6.45, 7) is 0. The van der Waals surface area contributed by atoms with E-state index < -0.39 is 0 Å². The highest BCUT2D eigenvalue weighted by Gasteiger charge is 2.04. The van der Waals surface area contributed by atoms with Crippen molar-refractivity contribution in [3.63, 3.8) is 0 Å². The molecule has 4 N–H and O–H groups in total. The zero-order chi connectivity index (χ0) is 13.8. The monoisotopic (exact) mass is 298 g/mol. The van der Waals surface area contributed by atoms with Gasteiger partial charge < -0.3 is 0 Å². The van der Waals surface area contributed by atoms with E-state index in [4.69, 9.17) is 33.6 Å². The van der Waals surface area contributed by atoms with Crippen LogP contribution in [0.5, 0.6) is 0 Å². The smallest absolute Gasteiger partial charge is 0.0788 e. The molecule has 6 heteroatoms. The molecule has 0 bridgehead atoms. The number of benzene rings is 2. The van der Waals surface area contributed by atoms with Gasteiger partial charge in [-0.05, 0) is 41.8 Å². The fourth-order valence-electron chi connectivity index (χ4n) is 1.75. The number of halogens is 2. The highest BCUT2D eigenvalue weighted by molar-refractivity contribution is 6.33. The van der Waals surface area contributed by atoms with Gasteiger partial charge in [-0.25, -0.2) is 0 Å². The molecule has 4 nitrogen and oxygen atoms in total. The molecule has 0 radical (unpaired) electrons. The average molecular weight is 299 g/mol. The van der Waals surface area contributed by atoms with Crippen LogP contribution in [0, 0.1) is 0 Å². The molecule has 0 saturated carbocycles. The van der Waals surface area contributed by atoms with Crippen LogP contribution >= 0.6 is 23.2 Å². The van der Waals surface area contributed by atoms with Crippen molar-refractivity contribution in [3.05, 3.63) is 57.6 Å². The number of hydrogen-bond donors (Lipinski definition) is 4. The molecule has 0 aromatic heterocycles. The normalized spacial score (nSPS) is 10.3. The van der Waals surface area contributed by atoms with Crippen molar-refractivity contribution in [1.29, 1.82) is 0 Å². The Kier molecular flexibility index (Phi) is 4.50. The molecule has 0 atom stereocenters. The van der Waals surface area contributed by atoms with Crippen LogP contribution in [0.1, 0.15) is 11.1 Å². The molecule has 19 heavy (non-hydrogen) atoms. The average Bonchev–Trinajstić information content (AvgIpc) is 2.39. The van der Waals surface area contributed by atoms with Crippen LogP contribution in [-0.2, 0) is 6.42 Å². The Morgan fingerprint density at radius 1 is 0.789 bits per heavy atom. The van der Waals surface area contributed by atoms with Crippen LogP contribution in [0.3, 0.4) is 0 Å². The molecule has 0 saturated heterocycles.